The van der Waals surface area contributed by atoms with Crippen molar-refractivity contribution < 1.29 is 14.3 Å². The van der Waals surface area contributed by atoms with Crippen LogP contribution in [0.15, 0.2) is 54.6 Å². The Bertz CT molecular complexity index is 1030. The predicted octanol–water partition coefficient (Wildman–Crippen LogP) is 4.25. The molecule has 0 saturated carbocycles. The van der Waals surface area contributed by atoms with Gasteiger partial charge in [0.1, 0.15) is 9.88 Å². The second-order valence-corrected chi connectivity index (χ2v) is 7.82. The number of nitrogens with zero attached hydrogens (tertiary/aromatic N) is 2. The molecule has 0 N–H and O–H groups in total. The first-order valence-corrected chi connectivity index (χ1v) is 9.96. The van der Waals surface area contributed by atoms with E-state index in [1.54, 1.807) is 11.8 Å². The summed E-state index contributed by atoms with van der Waals surface area (Å²) in [5, 5.41) is 0.762. The first-order chi connectivity index (χ1) is 13.5. The molecule has 0 aliphatic carbocycles. The lowest BCUT2D eigenvalue weighted by Crippen LogP contribution is -2.38. The van der Waals surface area contributed by atoms with Gasteiger partial charge in [-0.1, -0.05) is 48.5 Å². The van der Waals surface area contributed by atoms with E-state index in [1.807, 2.05) is 61.5 Å². The Morgan fingerprint density at radius 1 is 1.14 bits per heavy atom. The lowest BCUT2D eigenvalue weighted by molar-refractivity contribution is -0.122. The maximum atomic E-state index is 12.7. The largest absolute Gasteiger partial charge is 0.451 e. The van der Waals surface area contributed by atoms with Gasteiger partial charge in [-0.3, -0.25) is 4.79 Å². The zero-order chi connectivity index (χ0) is 19.7. The summed E-state index contributed by atoms with van der Waals surface area (Å²) in [6, 6.07) is 17.6. The van der Waals surface area contributed by atoms with Crippen molar-refractivity contribution in [2.24, 2.45) is 0 Å². The monoisotopic (exact) mass is 392 g/mol. The highest BCUT2D eigenvalue weighted by atomic mass is 32.1. The highest BCUT2D eigenvalue weighted by Crippen LogP contribution is 2.32. The highest BCUT2D eigenvalue weighted by molar-refractivity contribution is 7.17. The molecule has 1 atom stereocenters. The van der Waals surface area contributed by atoms with Crippen molar-refractivity contribution in [2.75, 3.05) is 11.5 Å². The molecule has 2 heterocycles. The first-order valence-electron chi connectivity index (χ1n) is 9.14. The minimum atomic E-state index is -0.509. The van der Waals surface area contributed by atoms with Crippen LogP contribution in [0.3, 0.4) is 0 Å². The Morgan fingerprint density at radius 3 is 2.64 bits per heavy atom. The van der Waals surface area contributed by atoms with Gasteiger partial charge in [0, 0.05) is 17.3 Å². The molecule has 142 valence electrons. The summed E-state index contributed by atoms with van der Waals surface area (Å²) in [6.07, 6.45) is 0.810. The molecule has 4 rings (SSSR count). The molecule has 1 aliphatic rings. The molecule has 0 spiro atoms. The molecule has 2 aromatic carbocycles. The topological polar surface area (TPSA) is 59.5 Å². The van der Waals surface area contributed by atoms with Gasteiger partial charge >= 0.3 is 5.97 Å². The lowest BCUT2D eigenvalue weighted by atomic mass is 10.1. The Hall–Kier alpha value is -2.99. The van der Waals surface area contributed by atoms with Crippen LogP contribution in [0.25, 0.3) is 10.6 Å². The van der Waals surface area contributed by atoms with E-state index in [0.717, 1.165) is 28.2 Å². The fourth-order valence-corrected chi connectivity index (χ4v) is 4.46. The average Bonchev–Trinajstić information content (AvgIpc) is 3.26. The Labute approximate surface area is 167 Å². The summed E-state index contributed by atoms with van der Waals surface area (Å²) < 4.78 is 5.34. The van der Waals surface area contributed by atoms with Gasteiger partial charge in [0.2, 0.25) is 0 Å². The first kappa shape index (κ1) is 18.4. The zero-order valence-corrected chi connectivity index (χ0v) is 16.5. The second kappa shape index (κ2) is 7.56. The van der Waals surface area contributed by atoms with Gasteiger partial charge in [-0.15, -0.1) is 11.3 Å². The molecule has 0 saturated heterocycles. The van der Waals surface area contributed by atoms with Crippen molar-refractivity contribution in [3.8, 4) is 10.6 Å². The number of anilines is 1. The van der Waals surface area contributed by atoms with Crippen LogP contribution in [0, 0.1) is 6.92 Å². The van der Waals surface area contributed by atoms with Crippen LogP contribution in [0.5, 0.6) is 0 Å². The smallest absolute Gasteiger partial charge is 0.350 e. The number of amides is 1. The van der Waals surface area contributed by atoms with Crippen molar-refractivity contribution in [1.82, 2.24) is 4.98 Å². The SMILES string of the molecule is Cc1nc(-c2ccccc2)sc1C(=O)OCC(=O)N1c2ccccc2C[C@H]1C. The van der Waals surface area contributed by atoms with Crippen molar-refractivity contribution in [2.45, 2.75) is 26.3 Å². The number of aromatic nitrogens is 1. The molecule has 3 aromatic rings. The molecule has 0 bridgehead atoms. The Balaban J connectivity index is 1.45. The number of aryl methyl sites for hydroxylation is 1. The summed E-state index contributed by atoms with van der Waals surface area (Å²) in [5.74, 6) is -0.720. The van der Waals surface area contributed by atoms with Gasteiger partial charge in [-0.05, 0) is 31.9 Å². The van der Waals surface area contributed by atoms with Crippen molar-refractivity contribution in [3.63, 3.8) is 0 Å². The number of fused-ring (bicyclic) bond motifs is 1. The van der Waals surface area contributed by atoms with E-state index in [0.29, 0.717) is 10.6 Å². The maximum absolute atomic E-state index is 12.7. The molecule has 1 aromatic heterocycles. The summed E-state index contributed by atoms with van der Waals surface area (Å²) in [6.45, 7) is 3.49. The Morgan fingerprint density at radius 2 is 1.86 bits per heavy atom. The minimum absolute atomic E-state index is 0.0541. The molecule has 5 nitrogen and oxygen atoms in total. The standard InChI is InChI=1S/C22H20N2O3S/c1-14-12-17-10-6-7-11-18(17)24(14)19(25)13-27-22(26)20-15(2)23-21(28-20)16-8-4-3-5-9-16/h3-11,14H,12-13H2,1-2H3/t14-/m1/s1. The molecule has 0 unspecified atom stereocenters. The second-order valence-electron chi connectivity index (χ2n) is 6.82. The number of ether oxygens (including phenoxy) is 1. The normalized spacial score (nSPS) is 15.4. The van der Waals surface area contributed by atoms with Gasteiger partial charge in [-0.2, -0.15) is 0 Å². The number of benzene rings is 2. The van der Waals surface area contributed by atoms with Crippen LogP contribution >= 0.6 is 11.3 Å². The van der Waals surface area contributed by atoms with E-state index in [1.165, 1.54) is 11.3 Å². The number of para-hydroxylation sites is 1. The van der Waals surface area contributed by atoms with Crippen LogP contribution in [-0.2, 0) is 16.0 Å². The third-order valence-corrected chi connectivity index (χ3v) is 5.99. The van der Waals surface area contributed by atoms with Crippen LogP contribution in [-0.4, -0.2) is 29.5 Å². The van der Waals surface area contributed by atoms with E-state index in [-0.39, 0.29) is 18.6 Å². The third kappa shape index (κ3) is 3.43. The van der Waals surface area contributed by atoms with Crippen LogP contribution in [0.4, 0.5) is 5.69 Å². The van der Waals surface area contributed by atoms with E-state index in [2.05, 4.69) is 4.98 Å². The number of thiazole rings is 1. The molecule has 1 aliphatic heterocycles. The van der Waals surface area contributed by atoms with E-state index in [4.69, 9.17) is 4.74 Å². The molecular formula is C22H20N2O3S. The maximum Gasteiger partial charge on any atom is 0.350 e. The molecule has 1 amide bonds. The predicted molar refractivity (Wildman–Crippen MR) is 110 cm³/mol. The van der Waals surface area contributed by atoms with Crippen molar-refractivity contribution >= 4 is 28.9 Å². The quantitative estimate of drug-likeness (QED) is 0.623. The Kier molecular flexibility index (Phi) is 4.96. The van der Waals surface area contributed by atoms with Gasteiger partial charge in [0.15, 0.2) is 6.61 Å². The number of carbonyl (C=O) groups is 2. The summed E-state index contributed by atoms with van der Waals surface area (Å²) in [5.41, 5.74) is 3.60. The van der Waals surface area contributed by atoms with E-state index >= 15 is 0 Å². The number of hydrogen-bond donors (Lipinski definition) is 0. The van der Waals surface area contributed by atoms with E-state index in [9.17, 15) is 9.59 Å². The van der Waals surface area contributed by atoms with Crippen molar-refractivity contribution in [3.05, 3.63) is 70.7 Å². The third-order valence-electron chi connectivity index (χ3n) is 4.81. The minimum Gasteiger partial charge on any atom is -0.451 e. The number of carbonyl (C=O) groups excluding carboxylic acids is 2. The number of rotatable bonds is 4. The highest BCUT2D eigenvalue weighted by Gasteiger charge is 2.31. The number of hydrogen-bond acceptors (Lipinski definition) is 5. The van der Waals surface area contributed by atoms with Gasteiger partial charge in [0.05, 0.1) is 5.69 Å². The molecular weight excluding hydrogens is 372 g/mol. The fourth-order valence-electron chi connectivity index (χ4n) is 3.50. The molecule has 0 fully saturated rings. The average molecular weight is 392 g/mol. The fraction of sp³-hybridized carbons (Fsp3) is 0.227. The van der Waals surface area contributed by atoms with Crippen LogP contribution < -0.4 is 4.90 Å². The molecule has 0 radical (unpaired) electrons. The van der Waals surface area contributed by atoms with Crippen LogP contribution in [0.2, 0.25) is 0 Å². The summed E-state index contributed by atoms with van der Waals surface area (Å²) in [7, 11) is 0. The number of esters is 1. The van der Waals surface area contributed by atoms with Gasteiger partial charge < -0.3 is 9.64 Å². The van der Waals surface area contributed by atoms with Gasteiger partial charge in [0.25, 0.3) is 5.91 Å². The van der Waals surface area contributed by atoms with Crippen molar-refractivity contribution in [1.29, 1.82) is 0 Å². The molecule has 28 heavy (non-hydrogen) atoms. The molecule has 6 heteroatoms. The van der Waals surface area contributed by atoms with Gasteiger partial charge in [-0.25, -0.2) is 9.78 Å². The summed E-state index contributed by atoms with van der Waals surface area (Å²) >= 11 is 1.28. The van der Waals surface area contributed by atoms with E-state index < -0.39 is 5.97 Å². The summed E-state index contributed by atoms with van der Waals surface area (Å²) in [4.78, 5) is 31.9. The van der Waals surface area contributed by atoms with Crippen LogP contribution in [0.1, 0.15) is 27.9 Å². The lowest BCUT2D eigenvalue weighted by Gasteiger charge is -2.22. The zero-order valence-electron chi connectivity index (χ0n) is 15.7.